The van der Waals surface area contributed by atoms with Gasteiger partial charge in [-0.1, -0.05) is 60.2 Å². The molecular formula is C27H23ClN2O4S. The van der Waals surface area contributed by atoms with Crippen molar-refractivity contribution in [3.8, 4) is 17.2 Å². The number of halogens is 1. The molecule has 0 saturated heterocycles. The zero-order valence-corrected chi connectivity index (χ0v) is 20.8. The fraction of sp³-hybridized carbons (Fsp3) is 0.185. The van der Waals surface area contributed by atoms with Crippen molar-refractivity contribution in [3.63, 3.8) is 0 Å². The lowest BCUT2D eigenvalue weighted by molar-refractivity contribution is 0.184. The predicted molar refractivity (Wildman–Crippen MR) is 140 cm³/mol. The molecule has 0 bridgehead atoms. The summed E-state index contributed by atoms with van der Waals surface area (Å²) in [5.74, 6) is 1.91. The molecule has 5 aromatic rings. The summed E-state index contributed by atoms with van der Waals surface area (Å²) in [5.41, 5.74) is 2.23. The Bertz CT molecular complexity index is 1600. The van der Waals surface area contributed by atoms with Gasteiger partial charge in [0.1, 0.15) is 5.75 Å². The molecule has 0 N–H and O–H groups in total. The van der Waals surface area contributed by atoms with Gasteiger partial charge in [0.25, 0.3) is 5.56 Å². The number of aromatic nitrogens is 2. The van der Waals surface area contributed by atoms with Crippen LogP contribution in [0, 0.1) is 5.92 Å². The minimum Gasteiger partial charge on any atom is -0.493 e. The van der Waals surface area contributed by atoms with Gasteiger partial charge in [0.05, 0.1) is 40.9 Å². The van der Waals surface area contributed by atoms with Crippen molar-refractivity contribution in [2.75, 3.05) is 20.3 Å². The smallest absolute Gasteiger partial charge is 0.274 e. The van der Waals surface area contributed by atoms with E-state index in [1.165, 1.54) is 11.3 Å². The van der Waals surface area contributed by atoms with Gasteiger partial charge in [-0.3, -0.25) is 4.79 Å². The number of ether oxygens (including phenoxy) is 3. The first-order chi connectivity index (χ1) is 17.0. The molecule has 0 fully saturated rings. The largest absolute Gasteiger partial charge is 0.493 e. The van der Waals surface area contributed by atoms with E-state index in [0.717, 1.165) is 22.3 Å². The summed E-state index contributed by atoms with van der Waals surface area (Å²) in [7, 11) is 1.56. The quantitative estimate of drug-likeness (QED) is 0.289. The van der Waals surface area contributed by atoms with Gasteiger partial charge >= 0.3 is 0 Å². The number of imidazole rings is 1. The first-order valence-corrected chi connectivity index (χ1v) is 12.3. The van der Waals surface area contributed by atoms with Gasteiger partial charge in [0, 0.05) is 5.92 Å². The van der Waals surface area contributed by atoms with Crippen LogP contribution in [0.1, 0.15) is 12.5 Å². The highest BCUT2D eigenvalue weighted by Gasteiger charge is 2.15. The van der Waals surface area contributed by atoms with Crippen LogP contribution < -0.4 is 24.3 Å². The molecule has 0 saturated carbocycles. The number of benzene rings is 3. The van der Waals surface area contributed by atoms with Crippen LogP contribution in [0.3, 0.4) is 0 Å². The van der Waals surface area contributed by atoms with Crippen LogP contribution in [0.25, 0.3) is 22.1 Å². The number of thiazole rings is 1. The average Bonchev–Trinajstić information content (AvgIpc) is 3.38. The fourth-order valence-corrected chi connectivity index (χ4v) is 5.02. The number of nitrogens with zero attached hydrogens (tertiary/aromatic N) is 2. The standard InChI is InChI=1S/C27H23ClN2O4S/c1-17(15-33-19-8-4-3-5-9-19)16-34-25-20(28)12-18(13-23(25)32-2)14-24-26(31)30-22-11-7-6-10-21(22)29-27(30)35-24/h3-14,17H,15-16H2,1-2H3/b24-14-/t17-/m0/s1. The van der Waals surface area contributed by atoms with Crippen LogP contribution in [-0.4, -0.2) is 29.7 Å². The lowest BCUT2D eigenvalue weighted by Gasteiger charge is -2.17. The van der Waals surface area contributed by atoms with Gasteiger partial charge < -0.3 is 14.2 Å². The molecule has 1 atom stereocenters. The first kappa shape index (κ1) is 23.2. The van der Waals surface area contributed by atoms with Gasteiger partial charge in [-0.15, -0.1) is 0 Å². The predicted octanol–water partition coefficient (Wildman–Crippen LogP) is 5.21. The molecular weight excluding hydrogens is 484 g/mol. The van der Waals surface area contributed by atoms with E-state index in [-0.39, 0.29) is 11.5 Å². The van der Waals surface area contributed by atoms with E-state index in [4.69, 9.17) is 25.8 Å². The Kier molecular flexibility index (Phi) is 6.61. The molecule has 0 unspecified atom stereocenters. The third-order valence-corrected chi connectivity index (χ3v) is 6.73. The Balaban J connectivity index is 1.36. The summed E-state index contributed by atoms with van der Waals surface area (Å²) in [5, 5.41) is 0.408. The molecule has 178 valence electrons. The molecule has 8 heteroatoms. The van der Waals surface area contributed by atoms with Crippen LogP contribution in [0.5, 0.6) is 17.2 Å². The minimum absolute atomic E-state index is 0.110. The Morgan fingerprint density at radius 1 is 1.06 bits per heavy atom. The molecule has 2 aromatic heterocycles. The molecule has 35 heavy (non-hydrogen) atoms. The molecule has 0 radical (unpaired) electrons. The van der Waals surface area contributed by atoms with Gasteiger partial charge in [-0.2, -0.15) is 0 Å². The normalized spacial score (nSPS) is 12.8. The summed E-state index contributed by atoms with van der Waals surface area (Å²) in [4.78, 5) is 18.3. The van der Waals surface area contributed by atoms with Gasteiger partial charge in [-0.25, -0.2) is 9.38 Å². The van der Waals surface area contributed by atoms with E-state index in [9.17, 15) is 4.79 Å². The maximum atomic E-state index is 13.1. The van der Waals surface area contributed by atoms with E-state index >= 15 is 0 Å². The summed E-state index contributed by atoms with van der Waals surface area (Å²) in [6, 6.07) is 20.8. The van der Waals surface area contributed by atoms with Crippen LogP contribution in [0.4, 0.5) is 0 Å². The van der Waals surface area contributed by atoms with Crippen molar-refractivity contribution in [1.82, 2.24) is 9.38 Å². The van der Waals surface area contributed by atoms with E-state index < -0.39 is 0 Å². The van der Waals surface area contributed by atoms with Crippen LogP contribution in [0.15, 0.2) is 71.5 Å². The molecule has 5 rings (SSSR count). The van der Waals surface area contributed by atoms with Crippen molar-refractivity contribution in [3.05, 3.63) is 92.2 Å². The molecule has 6 nitrogen and oxygen atoms in total. The Morgan fingerprint density at radius 3 is 2.60 bits per heavy atom. The molecule has 0 aliphatic rings. The maximum Gasteiger partial charge on any atom is 0.274 e. The maximum absolute atomic E-state index is 13.1. The van der Waals surface area contributed by atoms with Crippen molar-refractivity contribution in [1.29, 1.82) is 0 Å². The number of hydrogen-bond donors (Lipinski definition) is 0. The Hall–Kier alpha value is -3.55. The monoisotopic (exact) mass is 506 g/mol. The third kappa shape index (κ3) is 4.83. The second-order valence-corrected chi connectivity index (χ2v) is 9.62. The number of methoxy groups -OCH3 is 1. The highest BCUT2D eigenvalue weighted by Crippen LogP contribution is 2.37. The van der Waals surface area contributed by atoms with Gasteiger partial charge in [-0.05, 0) is 48.0 Å². The Morgan fingerprint density at radius 2 is 1.80 bits per heavy atom. The zero-order valence-electron chi connectivity index (χ0n) is 19.2. The summed E-state index contributed by atoms with van der Waals surface area (Å²) >= 11 is 7.90. The topological polar surface area (TPSA) is 62.1 Å². The Labute approximate surface area is 211 Å². The van der Waals surface area contributed by atoms with E-state index in [0.29, 0.717) is 39.2 Å². The third-order valence-electron chi connectivity index (χ3n) is 5.48. The summed E-state index contributed by atoms with van der Waals surface area (Å²) in [6.45, 7) is 2.96. The number of para-hydroxylation sites is 3. The van der Waals surface area contributed by atoms with Gasteiger partial charge in [0.2, 0.25) is 0 Å². The molecule has 3 aromatic carbocycles. The zero-order chi connectivity index (χ0) is 24.4. The van der Waals surface area contributed by atoms with Crippen molar-refractivity contribution in [2.45, 2.75) is 6.92 Å². The van der Waals surface area contributed by atoms with Crippen molar-refractivity contribution >= 4 is 45.0 Å². The molecule has 0 amide bonds. The second-order valence-electron chi connectivity index (χ2n) is 8.21. The fourth-order valence-electron chi connectivity index (χ4n) is 3.76. The molecule has 0 spiro atoms. The molecule has 0 aliphatic carbocycles. The van der Waals surface area contributed by atoms with Crippen LogP contribution in [-0.2, 0) is 0 Å². The number of fused-ring (bicyclic) bond motifs is 3. The van der Waals surface area contributed by atoms with Crippen molar-refractivity contribution in [2.24, 2.45) is 5.92 Å². The lowest BCUT2D eigenvalue weighted by atomic mass is 10.2. The SMILES string of the molecule is COc1cc(/C=c2\sc3nc4ccccc4n3c2=O)cc(Cl)c1OC[C@@H](C)COc1ccccc1. The van der Waals surface area contributed by atoms with Crippen molar-refractivity contribution < 1.29 is 14.2 Å². The first-order valence-electron chi connectivity index (χ1n) is 11.1. The lowest BCUT2D eigenvalue weighted by Crippen LogP contribution is -2.22. The van der Waals surface area contributed by atoms with Gasteiger partial charge in [0.15, 0.2) is 16.5 Å². The number of hydrogen-bond acceptors (Lipinski definition) is 6. The summed E-state index contributed by atoms with van der Waals surface area (Å²) in [6.07, 6.45) is 1.80. The second kappa shape index (κ2) is 9.98. The highest BCUT2D eigenvalue weighted by atomic mass is 35.5. The van der Waals surface area contributed by atoms with E-state index in [1.54, 1.807) is 23.7 Å². The summed E-state index contributed by atoms with van der Waals surface area (Å²) < 4.78 is 19.5. The minimum atomic E-state index is -0.110. The van der Waals surface area contributed by atoms with E-state index in [1.807, 2.05) is 67.6 Å². The van der Waals surface area contributed by atoms with Crippen LogP contribution in [0.2, 0.25) is 5.02 Å². The highest BCUT2D eigenvalue weighted by molar-refractivity contribution is 7.15. The number of rotatable bonds is 8. The average molecular weight is 507 g/mol. The van der Waals surface area contributed by atoms with E-state index in [2.05, 4.69) is 4.98 Å². The molecule has 2 heterocycles. The molecule has 0 aliphatic heterocycles. The van der Waals surface area contributed by atoms with Crippen LogP contribution >= 0.6 is 22.9 Å².